The topological polar surface area (TPSA) is 23.6 Å². The third-order valence-corrected chi connectivity index (χ3v) is 6.32. The first kappa shape index (κ1) is 14.5. The predicted molar refractivity (Wildman–Crippen MR) is 81.4 cm³/mol. The molecule has 104 valence electrons. The summed E-state index contributed by atoms with van der Waals surface area (Å²) in [5.41, 5.74) is 0. The van der Waals surface area contributed by atoms with Crippen LogP contribution >= 0.6 is 23.5 Å². The molecule has 2 heterocycles. The van der Waals surface area contributed by atoms with Gasteiger partial charge in [0.1, 0.15) is 0 Å². The number of likely N-dealkylation sites (tertiary alicyclic amines) is 1. The Morgan fingerprint density at radius 1 is 1.33 bits per heavy atom. The lowest BCUT2D eigenvalue weighted by Gasteiger charge is -2.28. The molecule has 0 bridgehead atoms. The average Bonchev–Trinajstić information content (AvgIpc) is 2.58. The minimum absolute atomic E-state index is 0.348. The first-order valence-electron chi connectivity index (χ1n) is 6.84. The number of carbonyl (C=O) groups is 1. The van der Waals surface area contributed by atoms with Gasteiger partial charge in [-0.25, -0.2) is 0 Å². The van der Waals surface area contributed by atoms with Crippen LogP contribution in [-0.4, -0.2) is 71.4 Å². The van der Waals surface area contributed by atoms with Crippen LogP contribution in [0.5, 0.6) is 0 Å². The zero-order valence-electron chi connectivity index (χ0n) is 11.4. The van der Waals surface area contributed by atoms with E-state index in [4.69, 9.17) is 0 Å². The lowest BCUT2D eigenvalue weighted by Crippen LogP contribution is -2.39. The first-order valence-corrected chi connectivity index (χ1v) is 9.15. The van der Waals surface area contributed by atoms with E-state index in [1.165, 1.54) is 23.0 Å². The van der Waals surface area contributed by atoms with Gasteiger partial charge in [0, 0.05) is 55.1 Å². The molecule has 0 aromatic carbocycles. The van der Waals surface area contributed by atoms with Crippen LogP contribution in [0.4, 0.5) is 0 Å². The third kappa shape index (κ3) is 3.81. The van der Waals surface area contributed by atoms with E-state index < -0.39 is 0 Å². The molecule has 0 N–H and O–H groups in total. The molecule has 18 heavy (non-hydrogen) atoms. The molecule has 0 aromatic heterocycles. The number of thioether (sulfide) groups is 2. The van der Waals surface area contributed by atoms with E-state index in [2.05, 4.69) is 42.4 Å². The van der Waals surface area contributed by atoms with Crippen LogP contribution in [0.2, 0.25) is 0 Å². The smallest absolute Gasteiger partial charge is 0.222 e. The van der Waals surface area contributed by atoms with Gasteiger partial charge in [-0.3, -0.25) is 4.79 Å². The summed E-state index contributed by atoms with van der Waals surface area (Å²) >= 11 is 4.15. The molecule has 5 heteroatoms. The molecule has 0 radical (unpaired) electrons. The second-order valence-corrected chi connectivity index (χ2v) is 7.55. The highest BCUT2D eigenvalue weighted by atomic mass is 32.2. The molecule has 0 aromatic rings. The van der Waals surface area contributed by atoms with Gasteiger partial charge >= 0.3 is 0 Å². The zero-order chi connectivity index (χ0) is 13.0. The summed E-state index contributed by atoms with van der Waals surface area (Å²) < 4.78 is 0. The Morgan fingerprint density at radius 3 is 2.56 bits per heavy atom. The van der Waals surface area contributed by atoms with Gasteiger partial charge in [-0.05, 0) is 19.9 Å². The Balaban J connectivity index is 1.80. The second kappa shape index (κ2) is 7.06. The fraction of sp³-hybridized carbons (Fsp3) is 0.923. The zero-order valence-corrected chi connectivity index (χ0v) is 13.1. The summed E-state index contributed by atoms with van der Waals surface area (Å²) in [4.78, 5) is 16.2. The number of rotatable bonds is 4. The van der Waals surface area contributed by atoms with E-state index >= 15 is 0 Å². The summed E-state index contributed by atoms with van der Waals surface area (Å²) in [6, 6.07) is 0.688. The fourth-order valence-corrected chi connectivity index (χ4v) is 5.41. The molecule has 1 atom stereocenters. The van der Waals surface area contributed by atoms with E-state index in [1.807, 2.05) is 4.90 Å². The fourth-order valence-electron chi connectivity index (χ4n) is 2.70. The monoisotopic (exact) mass is 288 g/mol. The minimum atomic E-state index is 0.348. The minimum Gasteiger partial charge on any atom is -0.343 e. The number of amides is 1. The summed E-state index contributed by atoms with van der Waals surface area (Å²) in [6.07, 6.45) is 0.755. The first-order chi connectivity index (χ1) is 8.70. The maximum absolute atomic E-state index is 11.7. The van der Waals surface area contributed by atoms with Crippen LogP contribution < -0.4 is 0 Å². The Kier molecular flexibility index (Phi) is 5.70. The Labute approximate surface area is 119 Å². The second-order valence-electron chi connectivity index (χ2n) is 5.25. The molecule has 1 unspecified atom stereocenters. The number of hydrogen-bond acceptors (Lipinski definition) is 4. The Morgan fingerprint density at radius 2 is 2.00 bits per heavy atom. The van der Waals surface area contributed by atoms with Gasteiger partial charge < -0.3 is 9.80 Å². The molecule has 2 aliphatic rings. The molecular weight excluding hydrogens is 264 g/mol. The van der Waals surface area contributed by atoms with Crippen molar-refractivity contribution in [2.24, 2.45) is 5.92 Å². The van der Waals surface area contributed by atoms with E-state index in [1.54, 1.807) is 0 Å². The van der Waals surface area contributed by atoms with Gasteiger partial charge in [-0.1, -0.05) is 0 Å². The standard InChI is InChI=1S/C13H24N2OS2/c1-3-15-8-11(6-13(15)16)7-14(2)12-9-17-4-5-18-10-12/h11-12H,3-10H2,1-2H3. The van der Waals surface area contributed by atoms with Crippen molar-refractivity contribution in [1.82, 2.24) is 9.80 Å². The summed E-state index contributed by atoms with van der Waals surface area (Å²) in [6.45, 7) is 4.98. The maximum atomic E-state index is 11.7. The summed E-state index contributed by atoms with van der Waals surface area (Å²) in [7, 11) is 2.23. The molecule has 2 rings (SSSR count). The van der Waals surface area contributed by atoms with Crippen molar-refractivity contribution in [2.75, 3.05) is 49.7 Å². The molecule has 0 spiro atoms. The molecule has 1 amide bonds. The van der Waals surface area contributed by atoms with Crippen LogP contribution in [0.25, 0.3) is 0 Å². The average molecular weight is 288 g/mol. The van der Waals surface area contributed by atoms with E-state index in [-0.39, 0.29) is 0 Å². The van der Waals surface area contributed by atoms with Gasteiger partial charge in [0.2, 0.25) is 5.91 Å². The molecule has 0 saturated carbocycles. The van der Waals surface area contributed by atoms with Crippen molar-refractivity contribution in [3.05, 3.63) is 0 Å². The van der Waals surface area contributed by atoms with Gasteiger partial charge in [0.25, 0.3) is 0 Å². The van der Waals surface area contributed by atoms with Crippen molar-refractivity contribution >= 4 is 29.4 Å². The van der Waals surface area contributed by atoms with Crippen LogP contribution in [-0.2, 0) is 4.79 Å². The summed E-state index contributed by atoms with van der Waals surface area (Å²) in [5.74, 6) is 5.98. The SMILES string of the molecule is CCN1CC(CN(C)C2CSCCSC2)CC1=O. The van der Waals surface area contributed by atoms with Crippen LogP contribution in [0.15, 0.2) is 0 Å². The highest BCUT2D eigenvalue weighted by molar-refractivity contribution is 8.03. The van der Waals surface area contributed by atoms with E-state index in [0.29, 0.717) is 17.9 Å². The van der Waals surface area contributed by atoms with Crippen molar-refractivity contribution < 1.29 is 4.79 Å². The number of carbonyl (C=O) groups excluding carboxylic acids is 1. The van der Waals surface area contributed by atoms with E-state index in [9.17, 15) is 4.79 Å². The molecule has 2 fully saturated rings. The highest BCUT2D eigenvalue weighted by Crippen LogP contribution is 2.23. The lowest BCUT2D eigenvalue weighted by atomic mass is 10.1. The molecule has 2 saturated heterocycles. The van der Waals surface area contributed by atoms with Crippen LogP contribution in [0.3, 0.4) is 0 Å². The third-order valence-electron chi connectivity index (χ3n) is 3.84. The number of hydrogen-bond donors (Lipinski definition) is 0. The van der Waals surface area contributed by atoms with Gasteiger partial charge in [-0.15, -0.1) is 0 Å². The molecular formula is C13H24N2OS2. The van der Waals surface area contributed by atoms with Gasteiger partial charge in [-0.2, -0.15) is 23.5 Å². The van der Waals surface area contributed by atoms with E-state index in [0.717, 1.165) is 26.1 Å². The quantitative estimate of drug-likeness (QED) is 0.784. The van der Waals surface area contributed by atoms with Crippen LogP contribution in [0.1, 0.15) is 13.3 Å². The van der Waals surface area contributed by atoms with Crippen molar-refractivity contribution in [3.8, 4) is 0 Å². The predicted octanol–water partition coefficient (Wildman–Crippen LogP) is 1.64. The number of nitrogens with zero attached hydrogens (tertiary/aromatic N) is 2. The van der Waals surface area contributed by atoms with Crippen molar-refractivity contribution in [3.63, 3.8) is 0 Å². The normalized spacial score (nSPS) is 26.9. The highest BCUT2D eigenvalue weighted by Gasteiger charge is 2.30. The molecule has 0 aliphatic carbocycles. The Bertz CT molecular complexity index is 280. The largest absolute Gasteiger partial charge is 0.343 e. The lowest BCUT2D eigenvalue weighted by molar-refractivity contribution is -0.127. The van der Waals surface area contributed by atoms with Gasteiger partial charge in [0.05, 0.1) is 0 Å². The maximum Gasteiger partial charge on any atom is 0.222 e. The van der Waals surface area contributed by atoms with Crippen molar-refractivity contribution in [1.29, 1.82) is 0 Å². The summed E-state index contributed by atoms with van der Waals surface area (Å²) in [5, 5.41) is 0. The Hall–Kier alpha value is 0.130. The molecule has 2 aliphatic heterocycles. The van der Waals surface area contributed by atoms with Crippen molar-refractivity contribution in [2.45, 2.75) is 19.4 Å². The molecule has 3 nitrogen and oxygen atoms in total. The van der Waals surface area contributed by atoms with Gasteiger partial charge in [0.15, 0.2) is 0 Å². The van der Waals surface area contributed by atoms with Crippen LogP contribution in [0, 0.1) is 5.92 Å².